The van der Waals surface area contributed by atoms with Crippen LogP contribution in [-0.2, 0) is 0 Å². The number of ether oxygens (including phenoxy) is 1. The fraction of sp³-hybridized carbons (Fsp3) is 0. The van der Waals surface area contributed by atoms with Crippen LogP contribution in [0.25, 0.3) is 0 Å². The summed E-state index contributed by atoms with van der Waals surface area (Å²) in [4.78, 5) is 3.93. The first-order valence-electron chi connectivity index (χ1n) is 4.10. The lowest BCUT2D eigenvalue weighted by Gasteiger charge is -2.03. The number of aromatic nitrogens is 1. The zero-order chi connectivity index (χ0) is 9.80. The average Bonchev–Trinajstić information content (AvgIpc) is 2.19. The molecule has 3 heteroatoms. The van der Waals surface area contributed by atoms with Crippen LogP contribution in [0.2, 0.25) is 5.02 Å². The molecule has 1 radical (unpaired) electrons. The van der Waals surface area contributed by atoms with Crippen LogP contribution in [-0.4, -0.2) is 4.98 Å². The predicted molar refractivity (Wildman–Crippen MR) is 54.6 cm³/mol. The van der Waals surface area contributed by atoms with E-state index in [1.807, 2.05) is 6.07 Å². The summed E-state index contributed by atoms with van der Waals surface area (Å²) < 4.78 is 5.46. The quantitative estimate of drug-likeness (QED) is 0.749. The molecule has 2 nitrogen and oxygen atoms in total. The summed E-state index contributed by atoms with van der Waals surface area (Å²) in [6, 6.07) is 11.7. The second-order valence-electron chi connectivity index (χ2n) is 2.66. The Morgan fingerprint density at radius 2 is 2.29 bits per heavy atom. The van der Waals surface area contributed by atoms with E-state index in [4.69, 9.17) is 16.3 Å². The summed E-state index contributed by atoms with van der Waals surface area (Å²) in [6.45, 7) is 0. The van der Waals surface area contributed by atoms with Crippen molar-refractivity contribution in [2.45, 2.75) is 0 Å². The highest BCUT2D eigenvalue weighted by Crippen LogP contribution is 2.22. The third-order valence-electron chi connectivity index (χ3n) is 1.60. The molecule has 2 rings (SSSR count). The molecule has 0 atom stereocenters. The van der Waals surface area contributed by atoms with Crippen molar-refractivity contribution in [2.75, 3.05) is 0 Å². The number of halogens is 1. The van der Waals surface area contributed by atoms with Crippen LogP contribution in [0.5, 0.6) is 11.5 Å². The smallest absolute Gasteiger partial charge is 0.145 e. The van der Waals surface area contributed by atoms with Gasteiger partial charge in [-0.1, -0.05) is 11.6 Å². The molecule has 2 aromatic rings. The molecule has 1 aromatic heterocycles. The molecule has 14 heavy (non-hydrogen) atoms. The van der Waals surface area contributed by atoms with Crippen LogP contribution in [0.4, 0.5) is 0 Å². The number of hydrogen-bond acceptors (Lipinski definition) is 2. The topological polar surface area (TPSA) is 22.1 Å². The number of hydrogen-bond donors (Lipinski definition) is 0. The van der Waals surface area contributed by atoms with Crippen molar-refractivity contribution < 1.29 is 4.74 Å². The molecular weight excluding hydrogens is 198 g/mol. The first kappa shape index (κ1) is 9.03. The van der Waals surface area contributed by atoms with Crippen LogP contribution in [0.15, 0.2) is 42.7 Å². The summed E-state index contributed by atoms with van der Waals surface area (Å²) in [6.07, 6.45) is 3.32. The Labute approximate surface area is 87.1 Å². The molecular formula is C11H7ClNO. The minimum atomic E-state index is 0.588. The first-order chi connectivity index (χ1) is 6.84. The standard InChI is InChI=1S/C11H7ClNO/c12-9-3-1-4-10(7-9)14-11-5-2-6-13-8-11/h1-3,5-8H. The molecule has 0 aliphatic heterocycles. The number of pyridine rings is 1. The van der Waals surface area contributed by atoms with Gasteiger partial charge in [-0.3, -0.25) is 4.98 Å². The van der Waals surface area contributed by atoms with Crippen LogP contribution in [0.1, 0.15) is 0 Å². The maximum atomic E-state index is 5.80. The fourth-order valence-electron chi connectivity index (χ4n) is 1.01. The van der Waals surface area contributed by atoms with Crippen LogP contribution < -0.4 is 4.74 Å². The molecule has 0 unspecified atom stereocenters. The summed E-state index contributed by atoms with van der Waals surface area (Å²) in [5.41, 5.74) is 0. The van der Waals surface area contributed by atoms with E-state index in [2.05, 4.69) is 11.1 Å². The lowest BCUT2D eigenvalue weighted by atomic mass is 10.3. The van der Waals surface area contributed by atoms with Gasteiger partial charge in [0.2, 0.25) is 0 Å². The summed E-state index contributed by atoms with van der Waals surface area (Å²) in [5, 5.41) is 0.627. The monoisotopic (exact) mass is 204 g/mol. The van der Waals surface area contributed by atoms with E-state index in [1.54, 1.807) is 36.7 Å². The zero-order valence-corrected chi connectivity index (χ0v) is 8.03. The number of nitrogens with zero attached hydrogens (tertiary/aromatic N) is 1. The largest absolute Gasteiger partial charge is 0.455 e. The SMILES string of the molecule is Clc1cc[c]c(Oc2cccnc2)c1. The van der Waals surface area contributed by atoms with Gasteiger partial charge in [0.15, 0.2) is 0 Å². The summed E-state index contributed by atoms with van der Waals surface area (Å²) in [7, 11) is 0. The highest BCUT2D eigenvalue weighted by atomic mass is 35.5. The van der Waals surface area contributed by atoms with Gasteiger partial charge >= 0.3 is 0 Å². The highest BCUT2D eigenvalue weighted by Gasteiger charge is 1.97. The Hall–Kier alpha value is -1.54. The molecule has 0 saturated carbocycles. The van der Waals surface area contributed by atoms with Crippen molar-refractivity contribution in [3.63, 3.8) is 0 Å². The van der Waals surface area contributed by atoms with Gasteiger partial charge in [-0.05, 0) is 24.3 Å². The van der Waals surface area contributed by atoms with Crippen molar-refractivity contribution in [2.24, 2.45) is 0 Å². The molecule has 0 N–H and O–H groups in total. The van der Waals surface area contributed by atoms with Crippen molar-refractivity contribution in [3.8, 4) is 11.5 Å². The maximum Gasteiger partial charge on any atom is 0.145 e. The minimum absolute atomic E-state index is 0.588. The van der Waals surface area contributed by atoms with Gasteiger partial charge in [-0.15, -0.1) is 0 Å². The second-order valence-corrected chi connectivity index (χ2v) is 3.10. The molecule has 0 spiro atoms. The highest BCUT2D eigenvalue weighted by molar-refractivity contribution is 6.30. The zero-order valence-electron chi connectivity index (χ0n) is 7.27. The lowest BCUT2D eigenvalue weighted by molar-refractivity contribution is 0.479. The Morgan fingerprint density at radius 3 is 3.00 bits per heavy atom. The van der Waals surface area contributed by atoms with E-state index in [1.165, 1.54) is 0 Å². The van der Waals surface area contributed by atoms with Gasteiger partial charge in [0, 0.05) is 23.4 Å². The van der Waals surface area contributed by atoms with Crippen molar-refractivity contribution >= 4 is 11.6 Å². The average molecular weight is 205 g/mol. The van der Waals surface area contributed by atoms with Crippen LogP contribution in [0.3, 0.4) is 0 Å². The Balaban J connectivity index is 2.19. The van der Waals surface area contributed by atoms with Gasteiger partial charge in [-0.2, -0.15) is 0 Å². The Kier molecular flexibility index (Phi) is 2.65. The number of rotatable bonds is 2. The maximum absolute atomic E-state index is 5.80. The molecule has 1 aromatic carbocycles. The Bertz CT molecular complexity index is 417. The van der Waals surface area contributed by atoms with Gasteiger partial charge in [0.25, 0.3) is 0 Å². The predicted octanol–water partition coefficient (Wildman–Crippen LogP) is 3.33. The van der Waals surface area contributed by atoms with Crippen LogP contribution >= 0.6 is 11.6 Å². The Morgan fingerprint density at radius 1 is 1.36 bits per heavy atom. The van der Waals surface area contributed by atoms with E-state index >= 15 is 0 Å². The molecule has 0 aliphatic carbocycles. The van der Waals surface area contributed by atoms with Crippen molar-refractivity contribution in [1.82, 2.24) is 4.98 Å². The van der Waals surface area contributed by atoms with E-state index in [9.17, 15) is 0 Å². The van der Waals surface area contributed by atoms with E-state index in [-0.39, 0.29) is 0 Å². The van der Waals surface area contributed by atoms with Crippen molar-refractivity contribution in [3.05, 3.63) is 53.8 Å². The van der Waals surface area contributed by atoms with E-state index < -0.39 is 0 Å². The van der Waals surface area contributed by atoms with E-state index in [0.717, 1.165) is 0 Å². The normalized spacial score (nSPS) is 9.79. The van der Waals surface area contributed by atoms with Gasteiger partial charge in [-0.25, -0.2) is 0 Å². The van der Waals surface area contributed by atoms with E-state index in [0.29, 0.717) is 16.5 Å². The third kappa shape index (κ3) is 2.24. The van der Waals surface area contributed by atoms with Crippen molar-refractivity contribution in [1.29, 1.82) is 0 Å². The first-order valence-corrected chi connectivity index (χ1v) is 4.47. The number of benzene rings is 1. The van der Waals surface area contributed by atoms with Gasteiger partial charge in [0.05, 0.1) is 6.20 Å². The summed E-state index contributed by atoms with van der Waals surface area (Å²) in [5.74, 6) is 1.26. The molecule has 0 bridgehead atoms. The lowest BCUT2D eigenvalue weighted by Crippen LogP contribution is -1.84. The third-order valence-corrected chi connectivity index (χ3v) is 1.83. The molecule has 69 valence electrons. The molecule has 0 fully saturated rings. The second kappa shape index (κ2) is 4.11. The fourth-order valence-corrected chi connectivity index (χ4v) is 1.17. The molecule has 1 heterocycles. The van der Waals surface area contributed by atoms with Gasteiger partial charge < -0.3 is 4.74 Å². The molecule has 0 amide bonds. The summed E-state index contributed by atoms with van der Waals surface area (Å²) >= 11 is 5.80. The van der Waals surface area contributed by atoms with Crippen LogP contribution in [0, 0.1) is 6.07 Å². The minimum Gasteiger partial charge on any atom is -0.455 e. The molecule has 0 saturated heterocycles. The van der Waals surface area contributed by atoms with Gasteiger partial charge in [0.1, 0.15) is 11.5 Å². The molecule has 0 aliphatic rings.